The molecule has 5 N–H and O–H groups in total. The Morgan fingerprint density at radius 2 is 2.05 bits per heavy atom. The fraction of sp³-hybridized carbons (Fsp3) is 0.478. The van der Waals surface area contributed by atoms with Crippen LogP contribution in [0.2, 0.25) is 0 Å². The van der Waals surface area contributed by atoms with Gasteiger partial charge in [0.15, 0.2) is 17.4 Å². The van der Waals surface area contributed by atoms with Gasteiger partial charge in [-0.1, -0.05) is 41.7 Å². The summed E-state index contributed by atoms with van der Waals surface area (Å²) in [4.78, 5) is 25.0. The number of hydrogen-bond acceptors (Lipinski definition) is 13. The summed E-state index contributed by atoms with van der Waals surface area (Å²) in [5.41, 5.74) is 5.08. The number of fused-ring (bicyclic) bond motifs is 1. The molecule has 0 radical (unpaired) electrons. The van der Waals surface area contributed by atoms with Crippen molar-refractivity contribution < 1.29 is 38.3 Å². The average Bonchev–Trinajstić information content (AvgIpc) is 3.52. The van der Waals surface area contributed by atoms with Gasteiger partial charge < -0.3 is 34.7 Å². The first-order valence-corrected chi connectivity index (χ1v) is 15.1. The number of methoxy groups -OCH3 is 2. The molecule has 0 spiro atoms. The molecule has 0 saturated carbocycles. The van der Waals surface area contributed by atoms with E-state index in [1.165, 1.54) is 32.0 Å². The molecule has 16 heteroatoms. The lowest BCUT2D eigenvalue weighted by molar-refractivity contribution is -0.180. The summed E-state index contributed by atoms with van der Waals surface area (Å²) in [5.74, 6) is -0.387. The Balaban J connectivity index is 1.40. The maximum Gasteiger partial charge on any atom is 0.327 e. The average molecular weight is 583 g/mol. The molecule has 3 aromatic rings. The van der Waals surface area contributed by atoms with Gasteiger partial charge in [-0.3, -0.25) is 13.9 Å². The summed E-state index contributed by atoms with van der Waals surface area (Å²) >= 11 is 0.914. The number of nitrogens with two attached hydrogens (primary N) is 1. The molecule has 0 aliphatic carbocycles. The van der Waals surface area contributed by atoms with Crippen LogP contribution in [-0.2, 0) is 23.4 Å². The quantitative estimate of drug-likeness (QED) is 0.189. The molecule has 1 saturated heterocycles. The predicted molar refractivity (Wildman–Crippen MR) is 143 cm³/mol. The fourth-order valence-electron chi connectivity index (χ4n) is 4.04. The predicted octanol–water partition coefficient (Wildman–Crippen LogP) is 1.81. The van der Waals surface area contributed by atoms with Crippen LogP contribution in [0.4, 0.5) is 5.95 Å². The fourth-order valence-corrected chi connectivity index (χ4v) is 7.91. The SMILES string of the molecule is COc1nc(N)nc2c1ncn2[C@H](OC)[C@](C)(O)C(O)CO[P@@]1(=O)N[C@H](C(=O)O[C@@H](C)c2ccccc2)CS1. The number of nitrogen functional groups attached to an aromatic ring is 1. The number of aliphatic hydroxyl groups excluding tert-OH is 1. The number of anilines is 1. The second kappa shape index (κ2) is 11.8. The van der Waals surface area contributed by atoms with E-state index in [0.29, 0.717) is 0 Å². The molecule has 2 aromatic heterocycles. The smallest absolute Gasteiger partial charge is 0.327 e. The zero-order valence-corrected chi connectivity index (χ0v) is 23.5. The Bertz CT molecular complexity index is 1360. The highest BCUT2D eigenvalue weighted by Crippen LogP contribution is 2.60. The van der Waals surface area contributed by atoms with Gasteiger partial charge in [-0.05, 0) is 19.4 Å². The lowest BCUT2D eigenvalue weighted by Crippen LogP contribution is -2.49. The highest BCUT2D eigenvalue weighted by atomic mass is 32.7. The summed E-state index contributed by atoms with van der Waals surface area (Å²) in [6.07, 6.45) is -1.96. The normalized spacial score (nSPS) is 23.2. The summed E-state index contributed by atoms with van der Waals surface area (Å²) in [5, 5.41) is 24.8. The number of carbonyl (C=O) groups excluding carboxylic acids is 1. The molecule has 0 bridgehead atoms. The van der Waals surface area contributed by atoms with Gasteiger partial charge in [-0.25, -0.2) is 10.1 Å². The van der Waals surface area contributed by atoms with Gasteiger partial charge in [0.1, 0.15) is 23.9 Å². The van der Waals surface area contributed by atoms with Gasteiger partial charge in [0, 0.05) is 12.9 Å². The minimum absolute atomic E-state index is 0.0897. The Kier molecular flexibility index (Phi) is 8.81. The second-order valence-electron chi connectivity index (χ2n) is 9.01. The third-order valence-electron chi connectivity index (χ3n) is 6.22. The summed E-state index contributed by atoms with van der Waals surface area (Å²) in [7, 11) is 2.72. The Labute approximate surface area is 228 Å². The largest absolute Gasteiger partial charge is 0.479 e. The third kappa shape index (κ3) is 6.19. The van der Waals surface area contributed by atoms with E-state index in [9.17, 15) is 19.6 Å². The highest BCUT2D eigenvalue weighted by molar-refractivity contribution is 8.56. The van der Waals surface area contributed by atoms with Gasteiger partial charge in [0.25, 0.3) is 0 Å². The number of benzene rings is 1. The van der Waals surface area contributed by atoms with Crippen LogP contribution < -0.4 is 15.6 Å². The highest BCUT2D eigenvalue weighted by Gasteiger charge is 2.45. The molecule has 1 fully saturated rings. The van der Waals surface area contributed by atoms with Crippen molar-refractivity contribution in [3.63, 3.8) is 0 Å². The van der Waals surface area contributed by atoms with Gasteiger partial charge in [-0.2, -0.15) is 9.97 Å². The Morgan fingerprint density at radius 1 is 1.33 bits per heavy atom. The van der Waals surface area contributed by atoms with E-state index in [1.807, 2.05) is 30.3 Å². The Hall–Kier alpha value is -2.78. The van der Waals surface area contributed by atoms with E-state index in [2.05, 4.69) is 20.0 Å². The van der Waals surface area contributed by atoms with Crippen molar-refractivity contribution in [2.45, 2.75) is 43.9 Å². The Morgan fingerprint density at radius 3 is 2.72 bits per heavy atom. The minimum atomic E-state index is -3.59. The number of nitrogens with zero attached hydrogens (tertiary/aromatic N) is 4. The number of rotatable bonds is 11. The van der Waals surface area contributed by atoms with Crippen LogP contribution in [0.3, 0.4) is 0 Å². The van der Waals surface area contributed by atoms with Crippen molar-refractivity contribution in [1.82, 2.24) is 24.6 Å². The van der Waals surface area contributed by atoms with E-state index >= 15 is 0 Å². The number of carbonyl (C=O) groups is 1. The lowest BCUT2D eigenvalue weighted by atomic mass is 9.97. The van der Waals surface area contributed by atoms with Crippen LogP contribution >= 0.6 is 18.1 Å². The van der Waals surface area contributed by atoms with E-state index < -0.39 is 49.4 Å². The number of hydrogen-bond donors (Lipinski definition) is 4. The monoisotopic (exact) mass is 582 g/mol. The van der Waals surface area contributed by atoms with Crippen LogP contribution in [0, 0.1) is 0 Å². The van der Waals surface area contributed by atoms with Crippen LogP contribution in [-0.4, -0.2) is 80.0 Å². The molecule has 212 valence electrons. The minimum Gasteiger partial charge on any atom is -0.479 e. The molecule has 14 nitrogen and oxygen atoms in total. The third-order valence-corrected chi connectivity index (χ3v) is 10.3. The maximum absolute atomic E-state index is 13.2. The molecule has 4 rings (SSSR count). The van der Waals surface area contributed by atoms with E-state index in [-0.39, 0.29) is 28.7 Å². The molecule has 6 atom stereocenters. The first kappa shape index (κ1) is 29.2. The van der Waals surface area contributed by atoms with Crippen molar-refractivity contribution in [3.05, 3.63) is 42.2 Å². The molecular weight excluding hydrogens is 551 g/mol. The molecule has 39 heavy (non-hydrogen) atoms. The number of nitrogens with one attached hydrogen (secondary N) is 1. The zero-order valence-electron chi connectivity index (χ0n) is 21.8. The number of esters is 1. The second-order valence-corrected chi connectivity index (χ2v) is 13.3. The van der Waals surface area contributed by atoms with Crippen molar-refractivity contribution in [2.75, 3.05) is 32.3 Å². The first-order chi connectivity index (χ1) is 18.5. The molecule has 1 aliphatic rings. The molecule has 3 heterocycles. The lowest BCUT2D eigenvalue weighted by Gasteiger charge is -2.36. The number of aromatic nitrogens is 4. The maximum atomic E-state index is 13.2. The van der Waals surface area contributed by atoms with Crippen LogP contribution in [0.25, 0.3) is 11.2 Å². The zero-order chi connectivity index (χ0) is 28.4. The topological polar surface area (TPSA) is 193 Å². The summed E-state index contributed by atoms with van der Waals surface area (Å²) < 4.78 is 36.3. The van der Waals surface area contributed by atoms with Crippen molar-refractivity contribution in [2.24, 2.45) is 0 Å². The van der Waals surface area contributed by atoms with E-state index in [1.54, 1.807) is 6.92 Å². The van der Waals surface area contributed by atoms with E-state index in [0.717, 1.165) is 16.9 Å². The van der Waals surface area contributed by atoms with Crippen LogP contribution in [0.1, 0.15) is 31.7 Å². The number of aliphatic hydroxyl groups is 2. The first-order valence-electron chi connectivity index (χ1n) is 11.9. The van der Waals surface area contributed by atoms with Crippen molar-refractivity contribution >= 4 is 41.2 Å². The summed E-state index contributed by atoms with van der Waals surface area (Å²) in [6, 6.07) is 8.36. The molecule has 0 amide bonds. The van der Waals surface area contributed by atoms with Crippen molar-refractivity contribution in [3.8, 4) is 5.88 Å². The van der Waals surface area contributed by atoms with Crippen molar-refractivity contribution in [1.29, 1.82) is 0 Å². The molecule has 1 aliphatic heterocycles. The van der Waals surface area contributed by atoms with Crippen LogP contribution in [0.15, 0.2) is 36.7 Å². The summed E-state index contributed by atoms with van der Waals surface area (Å²) in [6.45, 7) is -1.07. The number of ether oxygens (including phenoxy) is 3. The van der Waals surface area contributed by atoms with Crippen LogP contribution in [0.5, 0.6) is 5.88 Å². The van der Waals surface area contributed by atoms with E-state index in [4.69, 9.17) is 24.5 Å². The van der Waals surface area contributed by atoms with Gasteiger partial charge in [-0.15, -0.1) is 0 Å². The van der Waals surface area contributed by atoms with Gasteiger partial charge in [0.2, 0.25) is 11.8 Å². The van der Waals surface area contributed by atoms with Gasteiger partial charge >= 0.3 is 12.7 Å². The molecular formula is C23H31N6O8PS. The molecule has 1 unspecified atom stereocenters. The van der Waals surface area contributed by atoms with Gasteiger partial charge in [0.05, 0.1) is 20.0 Å². The number of imidazole rings is 1. The standard InChI is InChI=1S/C23H31N6O8PS/c1-13(14-8-6-5-7-9-14)37-20(31)15-11-39-38(33,28-15)36-10-16(30)23(2,32)21(35-4)29-12-25-17-18(29)26-22(24)27-19(17)34-3/h5-9,12-13,15-16,21,30,32H,10-11H2,1-4H3,(H,28,33)(H2,24,26,27)/t13-,15-,16?,21+,23+,38-/m0/s1. The molecule has 1 aromatic carbocycles.